The maximum Gasteiger partial charge on any atom is 0.336 e. The molecular weight excluding hydrogens is 318 g/mol. The van der Waals surface area contributed by atoms with E-state index in [0.717, 1.165) is 10.9 Å². The van der Waals surface area contributed by atoms with Crippen LogP contribution in [-0.2, 0) is 0 Å². The second kappa shape index (κ2) is 5.84. The number of aliphatic imine (C=N–C) groups is 1. The van der Waals surface area contributed by atoms with Crippen LogP contribution in [0.4, 0.5) is 0 Å². The minimum absolute atomic E-state index is 0.000319. The number of aldehydes is 1. The third-order valence-electron chi connectivity index (χ3n) is 3.97. The van der Waals surface area contributed by atoms with E-state index in [1.807, 2.05) is 20.8 Å². The number of carbonyl (C=O) groups is 1. The summed E-state index contributed by atoms with van der Waals surface area (Å²) >= 11 is 0. The Morgan fingerprint density at radius 3 is 2.44 bits per heavy atom. The highest BCUT2D eigenvalue weighted by Gasteiger charge is 2.16. The van der Waals surface area contributed by atoms with Gasteiger partial charge in [0.15, 0.2) is 6.29 Å². The Morgan fingerprint density at radius 2 is 1.80 bits per heavy atom. The van der Waals surface area contributed by atoms with Gasteiger partial charge in [0, 0.05) is 39.6 Å². The average molecular weight is 337 g/mol. The number of rotatable bonds is 2. The van der Waals surface area contributed by atoms with Crippen molar-refractivity contribution in [3.63, 3.8) is 0 Å². The van der Waals surface area contributed by atoms with Gasteiger partial charge in [-0.05, 0) is 45.4 Å². The largest absolute Gasteiger partial charge is 0.507 e. The summed E-state index contributed by atoms with van der Waals surface area (Å²) in [4.78, 5) is 27.8. The number of phenolic OH excluding ortho intramolecular Hbond substituents is 1. The first-order valence-electron chi connectivity index (χ1n) is 7.95. The molecule has 0 unspecified atom stereocenters. The quantitative estimate of drug-likeness (QED) is 0.332. The molecule has 0 saturated heterocycles. The first kappa shape index (κ1) is 16.9. The molecule has 0 atom stereocenters. The Morgan fingerprint density at radius 1 is 1.12 bits per heavy atom. The van der Waals surface area contributed by atoms with E-state index in [1.165, 1.54) is 6.07 Å². The SMILES string of the molecule is Cc1cc(=O)oc2c1ccc1c(O)c(C=NC(C)(C)C)cc(C=O)c12. The standard InChI is InChI=1S/C20H19NO4/c1-11-7-16(23)25-19-14(11)5-6-15-17(19)13(10-22)8-12(18(15)24)9-21-20(2,3)4/h5-10,24H,1-4H3. The van der Waals surface area contributed by atoms with Crippen LogP contribution in [0.2, 0.25) is 0 Å². The summed E-state index contributed by atoms with van der Waals surface area (Å²) in [6.45, 7) is 7.61. The third-order valence-corrected chi connectivity index (χ3v) is 3.97. The molecule has 1 aromatic heterocycles. The highest BCUT2D eigenvalue weighted by Crippen LogP contribution is 2.36. The summed E-state index contributed by atoms with van der Waals surface area (Å²) < 4.78 is 5.35. The number of nitrogens with zero attached hydrogens (tertiary/aromatic N) is 1. The van der Waals surface area contributed by atoms with Crippen molar-refractivity contribution in [3.05, 3.63) is 51.4 Å². The zero-order valence-corrected chi connectivity index (χ0v) is 14.6. The lowest BCUT2D eigenvalue weighted by atomic mass is 9.97. The van der Waals surface area contributed by atoms with E-state index < -0.39 is 5.63 Å². The van der Waals surface area contributed by atoms with E-state index in [2.05, 4.69) is 4.99 Å². The van der Waals surface area contributed by atoms with Crippen LogP contribution in [-0.4, -0.2) is 23.1 Å². The van der Waals surface area contributed by atoms with Crippen molar-refractivity contribution in [3.8, 4) is 5.75 Å². The van der Waals surface area contributed by atoms with Gasteiger partial charge in [0.25, 0.3) is 0 Å². The molecule has 3 aromatic rings. The van der Waals surface area contributed by atoms with E-state index in [-0.39, 0.29) is 11.3 Å². The number of hydrogen-bond donors (Lipinski definition) is 1. The highest BCUT2D eigenvalue weighted by molar-refractivity contribution is 6.15. The van der Waals surface area contributed by atoms with Gasteiger partial charge in [0.2, 0.25) is 0 Å². The maximum atomic E-state index is 11.8. The monoisotopic (exact) mass is 337 g/mol. The summed E-state index contributed by atoms with van der Waals surface area (Å²) in [6, 6.07) is 6.46. The Kier molecular flexibility index (Phi) is 3.95. The Hall–Kier alpha value is -2.95. The predicted molar refractivity (Wildman–Crippen MR) is 99.1 cm³/mol. The molecule has 1 heterocycles. The molecule has 0 fully saturated rings. The number of aromatic hydroxyl groups is 1. The molecule has 5 heteroatoms. The fraction of sp³-hybridized carbons (Fsp3) is 0.250. The van der Waals surface area contributed by atoms with Gasteiger partial charge in [0.05, 0.1) is 5.54 Å². The van der Waals surface area contributed by atoms with Crippen LogP contribution in [0.3, 0.4) is 0 Å². The Bertz CT molecular complexity index is 1080. The fourth-order valence-electron chi connectivity index (χ4n) is 2.79. The van der Waals surface area contributed by atoms with E-state index in [1.54, 1.807) is 31.3 Å². The number of hydrogen-bond acceptors (Lipinski definition) is 5. The molecule has 128 valence electrons. The topological polar surface area (TPSA) is 79.9 Å². The Balaban J connectivity index is 2.44. The van der Waals surface area contributed by atoms with Crippen LogP contribution >= 0.6 is 0 Å². The van der Waals surface area contributed by atoms with Gasteiger partial charge in [-0.3, -0.25) is 9.79 Å². The number of fused-ring (bicyclic) bond motifs is 3. The first-order valence-corrected chi connectivity index (χ1v) is 7.95. The van der Waals surface area contributed by atoms with E-state index in [4.69, 9.17) is 4.42 Å². The van der Waals surface area contributed by atoms with Crippen molar-refractivity contribution < 1.29 is 14.3 Å². The molecule has 0 bridgehead atoms. The molecule has 25 heavy (non-hydrogen) atoms. The maximum absolute atomic E-state index is 11.8. The van der Waals surface area contributed by atoms with Gasteiger partial charge in [-0.2, -0.15) is 0 Å². The zero-order chi connectivity index (χ0) is 18.4. The van der Waals surface area contributed by atoms with Crippen molar-refractivity contribution in [2.45, 2.75) is 33.2 Å². The molecule has 0 aliphatic heterocycles. The summed E-state index contributed by atoms with van der Waals surface area (Å²) in [7, 11) is 0. The zero-order valence-electron chi connectivity index (χ0n) is 14.6. The minimum Gasteiger partial charge on any atom is -0.507 e. The van der Waals surface area contributed by atoms with Gasteiger partial charge < -0.3 is 9.52 Å². The molecule has 3 rings (SSSR count). The first-order chi connectivity index (χ1) is 11.7. The fourth-order valence-corrected chi connectivity index (χ4v) is 2.79. The summed E-state index contributed by atoms with van der Waals surface area (Å²) in [5, 5.41) is 12.2. The van der Waals surface area contributed by atoms with Crippen molar-refractivity contribution in [1.82, 2.24) is 0 Å². The molecule has 1 N–H and O–H groups in total. The number of carbonyl (C=O) groups excluding carboxylic acids is 1. The molecule has 0 amide bonds. The lowest BCUT2D eigenvalue weighted by molar-refractivity contribution is 0.112. The number of benzene rings is 2. The summed E-state index contributed by atoms with van der Waals surface area (Å²) in [5.74, 6) is -0.000319. The van der Waals surface area contributed by atoms with Crippen LogP contribution in [0, 0.1) is 6.92 Å². The second-order valence-electron chi connectivity index (χ2n) is 7.06. The minimum atomic E-state index is -0.493. The van der Waals surface area contributed by atoms with Crippen molar-refractivity contribution in [1.29, 1.82) is 0 Å². The van der Waals surface area contributed by atoms with Crippen molar-refractivity contribution in [2.75, 3.05) is 0 Å². The molecule has 5 nitrogen and oxygen atoms in total. The van der Waals surface area contributed by atoms with E-state index in [9.17, 15) is 14.7 Å². The molecule has 0 saturated carbocycles. The van der Waals surface area contributed by atoms with Crippen LogP contribution < -0.4 is 5.63 Å². The van der Waals surface area contributed by atoms with Gasteiger partial charge in [-0.25, -0.2) is 4.79 Å². The van der Waals surface area contributed by atoms with Crippen molar-refractivity contribution in [2.24, 2.45) is 4.99 Å². The summed E-state index contributed by atoms with van der Waals surface area (Å²) in [5.41, 5.74) is 1.03. The van der Waals surface area contributed by atoms with Gasteiger partial charge in [-0.1, -0.05) is 6.07 Å². The van der Waals surface area contributed by atoms with E-state index in [0.29, 0.717) is 33.8 Å². The van der Waals surface area contributed by atoms with E-state index >= 15 is 0 Å². The molecular formula is C20H19NO4. The number of aryl methyl sites for hydroxylation is 1. The average Bonchev–Trinajstić information content (AvgIpc) is 2.53. The molecule has 0 aliphatic carbocycles. The predicted octanol–water partition coefficient (Wildman–Crippen LogP) is 3.99. The van der Waals surface area contributed by atoms with Crippen molar-refractivity contribution >= 4 is 34.2 Å². The molecule has 2 aromatic carbocycles. The lowest BCUT2D eigenvalue weighted by Gasteiger charge is -2.13. The van der Waals surface area contributed by atoms with Crippen LogP contribution in [0.5, 0.6) is 5.75 Å². The third kappa shape index (κ3) is 3.05. The summed E-state index contributed by atoms with van der Waals surface area (Å²) in [6.07, 6.45) is 2.25. The van der Waals surface area contributed by atoms with Gasteiger partial charge in [-0.15, -0.1) is 0 Å². The Labute approximate surface area is 144 Å². The van der Waals surface area contributed by atoms with Crippen LogP contribution in [0.15, 0.2) is 38.5 Å². The molecule has 0 spiro atoms. The normalized spacial score (nSPS) is 12.3. The van der Waals surface area contributed by atoms with Crippen LogP contribution in [0.25, 0.3) is 21.7 Å². The van der Waals surface area contributed by atoms with Crippen LogP contribution in [0.1, 0.15) is 42.3 Å². The number of phenols is 1. The molecule has 0 radical (unpaired) electrons. The second-order valence-corrected chi connectivity index (χ2v) is 7.06. The smallest absolute Gasteiger partial charge is 0.336 e. The molecule has 0 aliphatic rings. The van der Waals surface area contributed by atoms with Gasteiger partial charge >= 0.3 is 5.63 Å². The highest BCUT2D eigenvalue weighted by atomic mass is 16.4. The lowest BCUT2D eigenvalue weighted by Crippen LogP contribution is -2.09. The van der Waals surface area contributed by atoms with Gasteiger partial charge in [0.1, 0.15) is 11.3 Å².